The summed E-state index contributed by atoms with van der Waals surface area (Å²) in [7, 11) is -2.61. The van der Waals surface area contributed by atoms with Crippen LogP contribution in [0.1, 0.15) is 5.56 Å². The summed E-state index contributed by atoms with van der Waals surface area (Å²) in [6.07, 6.45) is -3.27. The van der Waals surface area contributed by atoms with E-state index < -0.39 is 27.3 Å². The second-order valence-electron chi connectivity index (χ2n) is 8.18. The predicted molar refractivity (Wildman–Crippen MR) is 134 cm³/mol. The first-order chi connectivity index (χ1) is 18.1. The number of anilines is 1. The first-order valence-corrected chi connectivity index (χ1v) is 12.5. The first-order valence-electron chi connectivity index (χ1n) is 11.0. The first kappa shape index (κ1) is 25.1. The Kier molecular flexibility index (Phi) is 6.19. The molecule has 0 unspecified atom stereocenters. The molecule has 0 saturated heterocycles. The zero-order valence-electron chi connectivity index (χ0n) is 19.6. The van der Waals surface area contributed by atoms with E-state index in [0.717, 1.165) is 12.1 Å². The van der Waals surface area contributed by atoms with Crippen molar-refractivity contribution in [2.45, 2.75) is 11.1 Å². The Labute approximate surface area is 213 Å². The third-order valence-electron chi connectivity index (χ3n) is 5.80. The molecule has 12 heteroatoms. The van der Waals surface area contributed by atoms with Gasteiger partial charge < -0.3 is 9.26 Å². The minimum Gasteiger partial charge on any atom is -0.495 e. The number of sulfonamides is 1. The van der Waals surface area contributed by atoms with Gasteiger partial charge in [0.2, 0.25) is 0 Å². The third-order valence-corrected chi connectivity index (χ3v) is 7.15. The number of aromatic nitrogens is 2. The van der Waals surface area contributed by atoms with Crippen molar-refractivity contribution in [3.8, 4) is 22.6 Å². The molecule has 0 atom stereocenters. The van der Waals surface area contributed by atoms with Gasteiger partial charge in [-0.1, -0.05) is 23.4 Å². The molecule has 0 aliphatic rings. The second-order valence-corrected chi connectivity index (χ2v) is 9.87. The van der Waals surface area contributed by atoms with E-state index in [1.54, 1.807) is 18.2 Å². The number of pyridine rings is 1. The molecular formula is C26H18F3N3O5S. The highest BCUT2D eigenvalue weighted by molar-refractivity contribution is 7.92. The fourth-order valence-electron chi connectivity index (χ4n) is 4.02. The minimum atomic E-state index is -4.49. The average Bonchev–Trinajstić information content (AvgIpc) is 3.40. The van der Waals surface area contributed by atoms with Gasteiger partial charge >= 0.3 is 6.18 Å². The van der Waals surface area contributed by atoms with Crippen LogP contribution in [0.5, 0.6) is 5.75 Å². The lowest BCUT2D eigenvalue weighted by molar-refractivity contribution is -0.137. The van der Waals surface area contributed by atoms with Crippen LogP contribution in [0.2, 0.25) is 0 Å². The van der Waals surface area contributed by atoms with Crippen LogP contribution in [0.25, 0.3) is 27.7 Å². The smallest absolute Gasteiger partial charge is 0.416 e. The molecule has 38 heavy (non-hydrogen) atoms. The van der Waals surface area contributed by atoms with Gasteiger partial charge in [0, 0.05) is 17.5 Å². The highest BCUT2D eigenvalue weighted by atomic mass is 32.2. The van der Waals surface area contributed by atoms with E-state index >= 15 is 0 Å². The number of methoxy groups -OCH3 is 1. The van der Waals surface area contributed by atoms with Crippen LogP contribution in [0.4, 0.5) is 19.0 Å². The second kappa shape index (κ2) is 9.38. The molecule has 194 valence electrons. The molecule has 1 N–H and O–H groups in total. The summed E-state index contributed by atoms with van der Waals surface area (Å²) in [6, 6.07) is 17.9. The summed E-state index contributed by atoms with van der Waals surface area (Å²) in [4.78, 5) is 12.9. The SMILES string of the molecule is COc1cc(-c2cccc(C(F)(F)F)c2)ccc1-n1c(=O)ccc2cc(S(=O)(=O)Nc3ccon3)ccc21. The Morgan fingerprint density at radius 3 is 2.45 bits per heavy atom. The van der Waals surface area contributed by atoms with Gasteiger partial charge in [-0.05, 0) is 59.7 Å². The summed E-state index contributed by atoms with van der Waals surface area (Å²) in [5.41, 5.74) is 0.297. The fourth-order valence-corrected chi connectivity index (χ4v) is 5.05. The monoisotopic (exact) mass is 541 g/mol. The van der Waals surface area contributed by atoms with Gasteiger partial charge in [-0.15, -0.1) is 0 Å². The number of nitrogens with zero attached hydrogens (tertiary/aromatic N) is 2. The largest absolute Gasteiger partial charge is 0.495 e. The zero-order chi connectivity index (χ0) is 27.1. The third kappa shape index (κ3) is 4.73. The molecule has 3 aromatic carbocycles. The van der Waals surface area contributed by atoms with E-state index in [1.165, 1.54) is 66.5 Å². The number of hydrogen-bond donors (Lipinski definition) is 1. The predicted octanol–water partition coefficient (Wildman–Crippen LogP) is 5.47. The van der Waals surface area contributed by atoms with Crippen LogP contribution < -0.4 is 15.0 Å². The number of fused-ring (bicyclic) bond motifs is 1. The molecule has 0 radical (unpaired) electrons. The number of alkyl halides is 3. The number of hydrogen-bond acceptors (Lipinski definition) is 6. The Morgan fingerprint density at radius 1 is 0.947 bits per heavy atom. The Morgan fingerprint density at radius 2 is 1.74 bits per heavy atom. The number of rotatable bonds is 6. The van der Waals surface area contributed by atoms with Crippen molar-refractivity contribution < 1.29 is 30.8 Å². The molecule has 5 rings (SSSR count). The summed E-state index contributed by atoms with van der Waals surface area (Å²) in [5, 5.41) is 3.98. The lowest BCUT2D eigenvalue weighted by Crippen LogP contribution is -2.18. The molecule has 2 heterocycles. The molecule has 2 aromatic heterocycles. The van der Waals surface area contributed by atoms with Gasteiger partial charge in [0.1, 0.15) is 12.0 Å². The van der Waals surface area contributed by atoms with Crippen LogP contribution in [0.3, 0.4) is 0 Å². The van der Waals surface area contributed by atoms with Crippen LogP contribution in [-0.4, -0.2) is 25.3 Å². The minimum absolute atomic E-state index is 0.0145. The maximum Gasteiger partial charge on any atom is 0.416 e. The summed E-state index contributed by atoms with van der Waals surface area (Å²) in [6.45, 7) is 0. The van der Waals surface area contributed by atoms with Crippen LogP contribution in [-0.2, 0) is 16.2 Å². The van der Waals surface area contributed by atoms with Crippen molar-refractivity contribution in [2.75, 3.05) is 11.8 Å². The molecule has 8 nitrogen and oxygen atoms in total. The lowest BCUT2D eigenvalue weighted by atomic mass is 10.0. The maximum absolute atomic E-state index is 13.2. The van der Waals surface area contributed by atoms with Crippen molar-refractivity contribution >= 4 is 26.7 Å². The zero-order valence-corrected chi connectivity index (χ0v) is 20.4. The highest BCUT2D eigenvalue weighted by Crippen LogP contribution is 2.35. The van der Waals surface area contributed by atoms with Gasteiger partial charge in [0.05, 0.1) is 28.8 Å². The molecule has 0 spiro atoms. The Balaban J connectivity index is 1.59. The van der Waals surface area contributed by atoms with Crippen LogP contribution in [0, 0.1) is 0 Å². The quantitative estimate of drug-likeness (QED) is 0.306. The van der Waals surface area contributed by atoms with Gasteiger partial charge in [-0.2, -0.15) is 13.2 Å². The van der Waals surface area contributed by atoms with E-state index in [2.05, 4.69) is 14.4 Å². The van der Waals surface area contributed by atoms with Gasteiger partial charge in [0.15, 0.2) is 5.82 Å². The molecule has 0 aliphatic carbocycles. The van der Waals surface area contributed by atoms with Crippen LogP contribution in [0.15, 0.2) is 99.3 Å². The summed E-state index contributed by atoms with van der Waals surface area (Å²) in [5.74, 6) is 0.250. The van der Waals surface area contributed by atoms with Crippen molar-refractivity contribution in [1.82, 2.24) is 9.72 Å². The molecule has 0 amide bonds. The van der Waals surface area contributed by atoms with Gasteiger partial charge in [-0.25, -0.2) is 8.42 Å². The summed E-state index contributed by atoms with van der Waals surface area (Å²) < 4.78 is 78.9. The topological polar surface area (TPSA) is 103 Å². The molecule has 5 aromatic rings. The fraction of sp³-hybridized carbons (Fsp3) is 0.0769. The van der Waals surface area contributed by atoms with E-state index in [1.807, 2.05) is 0 Å². The number of nitrogens with one attached hydrogen (secondary N) is 1. The Hall–Kier alpha value is -4.58. The van der Waals surface area contributed by atoms with Gasteiger partial charge in [0.25, 0.3) is 15.6 Å². The number of benzene rings is 3. The van der Waals surface area contributed by atoms with Crippen molar-refractivity contribution in [1.29, 1.82) is 0 Å². The number of ether oxygens (including phenoxy) is 1. The van der Waals surface area contributed by atoms with E-state index in [-0.39, 0.29) is 16.5 Å². The molecule has 0 fully saturated rings. The van der Waals surface area contributed by atoms with E-state index in [4.69, 9.17) is 4.74 Å². The van der Waals surface area contributed by atoms with Crippen molar-refractivity contribution in [2.24, 2.45) is 0 Å². The molecule has 0 aliphatic heterocycles. The molecular weight excluding hydrogens is 523 g/mol. The van der Waals surface area contributed by atoms with E-state index in [0.29, 0.717) is 27.7 Å². The molecule has 0 bridgehead atoms. The van der Waals surface area contributed by atoms with Gasteiger partial charge in [-0.3, -0.25) is 14.1 Å². The lowest BCUT2D eigenvalue weighted by Gasteiger charge is -2.16. The van der Waals surface area contributed by atoms with E-state index in [9.17, 15) is 26.4 Å². The standard InChI is InChI=1S/C26H18F3N3O5S/c1-36-23-15-17(16-3-2-4-19(13-16)26(27,28)29)5-8-22(23)32-21-9-7-20(14-18(21)6-10-25(32)33)38(34,35)31-24-11-12-37-30-24/h2-15H,1H3,(H,30,31). The van der Waals surface area contributed by atoms with Crippen molar-refractivity contribution in [3.05, 3.63) is 101 Å². The Bertz CT molecular complexity index is 1810. The summed E-state index contributed by atoms with van der Waals surface area (Å²) >= 11 is 0. The normalized spacial score (nSPS) is 12.0. The number of halogens is 3. The average molecular weight is 542 g/mol. The van der Waals surface area contributed by atoms with Crippen molar-refractivity contribution in [3.63, 3.8) is 0 Å². The molecule has 0 saturated carbocycles. The maximum atomic E-state index is 13.2. The van der Waals surface area contributed by atoms with Crippen LogP contribution >= 0.6 is 0 Å². The highest BCUT2D eigenvalue weighted by Gasteiger charge is 2.30.